The maximum atomic E-state index is 14.5. The molecule has 2 bridgehead atoms. The number of fused-ring (bicyclic) bond motifs is 3. The number of nitrogens with zero attached hydrogens (tertiary/aromatic N) is 1. The fraction of sp³-hybridized carbons (Fsp3) is 0.755. The summed E-state index contributed by atoms with van der Waals surface area (Å²) < 4.78 is 35.6. The fourth-order valence-electron chi connectivity index (χ4n) is 10.5. The third-order valence-corrected chi connectivity index (χ3v) is 14.9. The molecule has 384 valence electrons. The van der Waals surface area contributed by atoms with E-state index in [0.29, 0.717) is 63.4 Å². The number of cyclic esters (lactones) is 1. The van der Waals surface area contributed by atoms with Gasteiger partial charge in [-0.15, -0.1) is 0 Å². The van der Waals surface area contributed by atoms with Crippen LogP contribution >= 0.6 is 0 Å². The highest BCUT2D eigenvalue weighted by atomic mass is 16.6. The van der Waals surface area contributed by atoms with E-state index in [1.165, 1.54) is 12.0 Å². The Kier molecular flexibility index (Phi) is 22.9. The smallest absolute Gasteiger partial charge is 0.329 e. The van der Waals surface area contributed by atoms with Crippen molar-refractivity contribution in [2.45, 2.75) is 180 Å². The zero-order valence-electron chi connectivity index (χ0n) is 42.4. The summed E-state index contributed by atoms with van der Waals surface area (Å²) in [4.78, 5) is 72.1. The van der Waals surface area contributed by atoms with Crippen molar-refractivity contribution in [3.05, 3.63) is 47.6 Å². The van der Waals surface area contributed by atoms with Gasteiger partial charge in [-0.1, -0.05) is 71.1 Å². The Morgan fingerprint density at radius 3 is 2.26 bits per heavy atom. The molecule has 1 aliphatic carbocycles. The Balaban J connectivity index is 1.70. The van der Waals surface area contributed by atoms with Crippen molar-refractivity contribution >= 4 is 29.2 Å². The Morgan fingerprint density at radius 2 is 1.59 bits per heavy atom. The molecule has 0 aromatic carbocycles. The summed E-state index contributed by atoms with van der Waals surface area (Å²) in [5.74, 6) is -7.96. The standard InChI is InChI=1S/C53H83NO14/c1-32-16-12-11-13-17-33(2)44(63-8)30-40-21-19-38(7)53(62,68-40)50(59)51(60)54-23-15-14-18-41(54)52(61)67-45(35(4)28-39-20-22-43(66-25-24-55)46(29-39)64-9)31-42(56)34(3)27-37(6)48(58)49(65-10)47(57)36(5)26-32/h11-13,16-17,27,32,34-36,38-41,43-46,48-49,55,58,62H,14-15,18-26,28-31H2,1-10H3/b13-11?,16-12+,33-17?,37-27+/t32-,34-,35+,36-,38-,39+,40?,41+,43-,44?,45?,46-,48-,49?,53-/m1/s1. The summed E-state index contributed by atoms with van der Waals surface area (Å²) in [6.45, 7) is 12.9. The van der Waals surface area contributed by atoms with Crippen LogP contribution in [0.25, 0.3) is 0 Å². The minimum Gasteiger partial charge on any atom is -0.460 e. The van der Waals surface area contributed by atoms with Crippen molar-refractivity contribution in [2.24, 2.45) is 35.5 Å². The average Bonchev–Trinajstić information content (AvgIpc) is 3.32. The highest BCUT2D eigenvalue weighted by Crippen LogP contribution is 2.38. The first-order chi connectivity index (χ1) is 32.3. The Hall–Kier alpha value is -3.41. The van der Waals surface area contributed by atoms with E-state index in [-0.39, 0.29) is 74.1 Å². The Labute approximate surface area is 405 Å². The van der Waals surface area contributed by atoms with Crippen LogP contribution in [0.2, 0.25) is 0 Å². The van der Waals surface area contributed by atoms with Gasteiger partial charge >= 0.3 is 5.97 Å². The van der Waals surface area contributed by atoms with Crippen LogP contribution in [0.1, 0.15) is 126 Å². The van der Waals surface area contributed by atoms with E-state index < -0.39 is 77.8 Å². The van der Waals surface area contributed by atoms with Crippen LogP contribution in [0, 0.1) is 35.5 Å². The molecule has 3 heterocycles. The highest BCUT2D eigenvalue weighted by Gasteiger charge is 2.53. The maximum absolute atomic E-state index is 14.5. The van der Waals surface area contributed by atoms with Crippen molar-refractivity contribution in [1.29, 1.82) is 0 Å². The van der Waals surface area contributed by atoms with Crippen LogP contribution in [0.5, 0.6) is 0 Å². The van der Waals surface area contributed by atoms with Crippen LogP contribution in [0.3, 0.4) is 0 Å². The van der Waals surface area contributed by atoms with Gasteiger partial charge in [0.15, 0.2) is 5.78 Å². The number of esters is 1. The summed E-state index contributed by atoms with van der Waals surface area (Å²) in [5, 5.41) is 32.8. The lowest BCUT2D eigenvalue weighted by molar-refractivity contribution is -0.265. The molecule has 3 aliphatic heterocycles. The molecule has 0 aromatic heterocycles. The zero-order chi connectivity index (χ0) is 50.3. The van der Waals surface area contributed by atoms with E-state index in [9.17, 15) is 39.3 Å². The van der Waals surface area contributed by atoms with Crippen molar-refractivity contribution < 1.29 is 67.7 Å². The van der Waals surface area contributed by atoms with E-state index in [4.69, 9.17) is 28.4 Å². The van der Waals surface area contributed by atoms with E-state index in [1.54, 1.807) is 41.1 Å². The first kappa shape index (κ1) is 57.2. The third-order valence-electron chi connectivity index (χ3n) is 14.9. The molecule has 4 unspecified atom stereocenters. The van der Waals surface area contributed by atoms with E-state index in [0.717, 1.165) is 12.0 Å². The topological polar surface area (TPSA) is 205 Å². The van der Waals surface area contributed by atoms with Gasteiger partial charge in [-0.05, 0) is 107 Å². The lowest BCUT2D eigenvalue weighted by Crippen LogP contribution is -2.61. The van der Waals surface area contributed by atoms with Crippen LogP contribution < -0.4 is 0 Å². The second kappa shape index (κ2) is 27.3. The van der Waals surface area contributed by atoms with Gasteiger partial charge in [0.2, 0.25) is 5.79 Å². The first-order valence-corrected chi connectivity index (χ1v) is 25.0. The van der Waals surface area contributed by atoms with Gasteiger partial charge < -0.3 is 48.6 Å². The van der Waals surface area contributed by atoms with Crippen LogP contribution in [-0.2, 0) is 52.4 Å². The molecule has 3 fully saturated rings. The van der Waals surface area contributed by atoms with Gasteiger partial charge in [-0.3, -0.25) is 19.2 Å². The molecule has 4 aliphatic rings. The number of amides is 1. The monoisotopic (exact) mass is 958 g/mol. The Morgan fingerprint density at radius 1 is 0.853 bits per heavy atom. The highest BCUT2D eigenvalue weighted by molar-refractivity contribution is 6.39. The number of carbonyl (C=O) groups excluding carboxylic acids is 5. The van der Waals surface area contributed by atoms with Crippen LogP contribution in [0.15, 0.2) is 47.6 Å². The first-order valence-electron chi connectivity index (χ1n) is 25.0. The van der Waals surface area contributed by atoms with Gasteiger partial charge in [0, 0.05) is 58.5 Å². The van der Waals surface area contributed by atoms with Gasteiger partial charge in [0.1, 0.15) is 30.1 Å². The summed E-state index contributed by atoms with van der Waals surface area (Å²) in [6.07, 6.45) is 12.0. The van der Waals surface area contributed by atoms with Crippen LogP contribution in [-0.4, -0.2) is 145 Å². The molecule has 3 N–H and O–H groups in total. The SMILES string of the molecule is COC1CC2CC[C@@H](C)[C@@](O)(O2)C(=O)C(=O)N2CCCC[C@H]2C(=O)OC([C@@H](C)C[C@@H]2CC[C@@H](OCCO)[C@H](OC)C2)CC(=O)[C@H](C)/C=C(\C)[C@@H](O)C(OC)C(=O)[C@H](C)C[C@H](C)/C=C/C=CC=C1C. The van der Waals surface area contributed by atoms with Crippen molar-refractivity contribution in [2.75, 3.05) is 41.1 Å². The number of hydrogen-bond acceptors (Lipinski definition) is 14. The van der Waals surface area contributed by atoms with E-state index in [1.807, 2.05) is 58.1 Å². The molecule has 0 aromatic rings. The summed E-state index contributed by atoms with van der Waals surface area (Å²) in [5.41, 5.74) is 1.26. The lowest BCUT2D eigenvalue weighted by Gasteiger charge is -2.42. The number of Topliss-reactive ketones (excluding diaryl/α,β-unsaturated/α-hetero) is 3. The number of ether oxygens (including phenoxy) is 6. The predicted molar refractivity (Wildman–Crippen MR) is 256 cm³/mol. The minimum atomic E-state index is -2.43. The fourth-order valence-corrected chi connectivity index (χ4v) is 10.5. The second-order valence-electron chi connectivity index (χ2n) is 20.2. The number of rotatable bonds is 9. The molecule has 0 spiro atoms. The van der Waals surface area contributed by atoms with Gasteiger partial charge in [0.05, 0.1) is 37.6 Å². The number of piperidine rings is 1. The number of aliphatic hydroxyl groups is 3. The average molecular weight is 958 g/mol. The summed E-state index contributed by atoms with van der Waals surface area (Å²) >= 11 is 0. The van der Waals surface area contributed by atoms with E-state index in [2.05, 4.69) is 0 Å². The normalized spacial score (nSPS) is 37.9. The number of allylic oxidation sites excluding steroid dienone is 6. The minimum absolute atomic E-state index is 0.0158. The molecule has 15 atom stereocenters. The molecule has 1 amide bonds. The Bertz CT molecular complexity index is 1810. The molecule has 1 saturated carbocycles. The third kappa shape index (κ3) is 15.3. The number of methoxy groups -OCH3 is 3. The van der Waals surface area contributed by atoms with E-state index >= 15 is 0 Å². The maximum Gasteiger partial charge on any atom is 0.329 e. The van der Waals surface area contributed by atoms with Crippen molar-refractivity contribution in [3.8, 4) is 0 Å². The molecule has 0 radical (unpaired) electrons. The molecular weight excluding hydrogens is 875 g/mol. The second-order valence-corrected chi connectivity index (χ2v) is 20.2. The molecular formula is C53H83NO14. The zero-order valence-corrected chi connectivity index (χ0v) is 42.4. The van der Waals surface area contributed by atoms with Crippen molar-refractivity contribution in [3.63, 3.8) is 0 Å². The van der Waals surface area contributed by atoms with Gasteiger partial charge in [-0.25, -0.2) is 4.79 Å². The number of hydrogen-bond donors (Lipinski definition) is 3. The number of aliphatic hydroxyl groups excluding tert-OH is 2. The molecule has 68 heavy (non-hydrogen) atoms. The molecule has 15 nitrogen and oxygen atoms in total. The largest absolute Gasteiger partial charge is 0.460 e. The molecule has 15 heteroatoms. The molecule has 4 rings (SSSR count). The molecule has 2 saturated heterocycles. The number of ketones is 3. The number of carbonyl (C=O) groups is 5. The summed E-state index contributed by atoms with van der Waals surface area (Å²) in [7, 11) is 4.58. The van der Waals surface area contributed by atoms with Crippen molar-refractivity contribution in [1.82, 2.24) is 4.90 Å². The quantitative estimate of drug-likeness (QED) is 0.134. The van der Waals surface area contributed by atoms with Crippen LogP contribution in [0.4, 0.5) is 0 Å². The predicted octanol–water partition coefficient (Wildman–Crippen LogP) is 6.20. The van der Waals surface area contributed by atoms with Gasteiger partial charge in [0.25, 0.3) is 11.7 Å². The summed E-state index contributed by atoms with van der Waals surface area (Å²) in [6, 6.07) is -1.14. The lowest BCUT2D eigenvalue weighted by atomic mass is 9.78. The van der Waals surface area contributed by atoms with Gasteiger partial charge in [-0.2, -0.15) is 0 Å².